The van der Waals surface area contributed by atoms with Crippen LogP contribution >= 0.6 is 0 Å². The van der Waals surface area contributed by atoms with E-state index in [2.05, 4.69) is 35.3 Å². The Kier molecular flexibility index (Phi) is 3.76. The van der Waals surface area contributed by atoms with Gasteiger partial charge in [0.1, 0.15) is 6.07 Å². The molecule has 108 valence electrons. The van der Waals surface area contributed by atoms with Crippen molar-refractivity contribution < 1.29 is 0 Å². The van der Waals surface area contributed by atoms with Gasteiger partial charge in [0.15, 0.2) is 5.82 Å². The van der Waals surface area contributed by atoms with E-state index in [1.54, 1.807) is 0 Å². The van der Waals surface area contributed by atoms with Crippen LogP contribution in [0.2, 0.25) is 0 Å². The quantitative estimate of drug-likeness (QED) is 0.911. The van der Waals surface area contributed by atoms with Crippen LogP contribution in [0.1, 0.15) is 38.7 Å². The molecule has 0 aliphatic carbocycles. The highest BCUT2D eigenvalue weighted by Crippen LogP contribution is 2.25. The van der Waals surface area contributed by atoms with Gasteiger partial charge in [-0.1, -0.05) is 24.6 Å². The number of hydrogen-bond acceptors (Lipinski definition) is 4. The summed E-state index contributed by atoms with van der Waals surface area (Å²) in [6.45, 7) is 4.44. The predicted molar refractivity (Wildman–Crippen MR) is 84.7 cm³/mol. The molecule has 4 nitrogen and oxygen atoms in total. The van der Waals surface area contributed by atoms with E-state index >= 15 is 0 Å². The third-order valence-corrected chi connectivity index (χ3v) is 4.27. The largest absolute Gasteiger partial charge is 0.301 e. The molecule has 4 heteroatoms. The molecule has 1 aromatic heterocycles. The Morgan fingerprint density at radius 2 is 1.95 bits per heavy atom. The molecule has 1 N–H and O–H groups in total. The smallest absolute Gasteiger partial charge is 0.159 e. The highest BCUT2D eigenvalue weighted by molar-refractivity contribution is 5.82. The fourth-order valence-corrected chi connectivity index (χ4v) is 3.05. The van der Waals surface area contributed by atoms with Gasteiger partial charge in [0.05, 0.1) is 11.1 Å². The molecule has 2 unspecified atom stereocenters. The summed E-state index contributed by atoms with van der Waals surface area (Å²) in [5.41, 5.74) is 4.90. The van der Waals surface area contributed by atoms with Gasteiger partial charge in [-0.15, -0.1) is 0 Å². The van der Waals surface area contributed by atoms with Gasteiger partial charge in [-0.2, -0.15) is 5.26 Å². The van der Waals surface area contributed by atoms with Crippen molar-refractivity contribution in [3.63, 3.8) is 0 Å². The van der Waals surface area contributed by atoms with Crippen LogP contribution in [0.5, 0.6) is 0 Å². The molecule has 3 rings (SSSR count). The lowest BCUT2D eigenvalue weighted by molar-refractivity contribution is 0.135. The van der Waals surface area contributed by atoms with Gasteiger partial charge in [0.25, 0.3) is 0 Å². The second kappa shape index (κ2) is 5.71. The van der Waals surface area contributed by atoms with Crippen molar-refractivity contribution >= 4 is 16.7 Å². The molecule has 1 aromatic carbocycles. The Labute approximate surface area is 125 Å². The van der Waals surface area contributed by atoms with E-state index in [9.17, 15) is 5.26 Å². The number of nitrogens with zero attached hydrogens (tertiary/aromatic N) is 3. The Morgan fingerprint density at radius 1 is 1.24 bits per heavy atom. The molecule has 0 saturated carbocycles. The summed E-state index contributed by atoms with van der Waals surface area (Å²) < 4.78 is 0. The minimum absolute atomic E-state index is 0.452. The third kappa shape index (κ3) is 2.70. The van der Waals surface area contributed by atoms with Crippen LogP contribution < -0.4 is 5.43 Å². The lowest BCUT2D eigenvalue weighted by Gasteiger charge is -2.39. The predicted octanol–water partition coefficient (Wildman–Crippen LogP) is 3.70. The number of fused-ring (bicyclic) bond motifs is 1. The van der Waals surface area contributed by atoms with Crippen molar-refractivity contribution in [2.24, 2.45) is 0 Å². The number of rotatable bonds is 2. The lowest BCUT2D eigenvalue weighted by atomic mass is 10.00. The third-order valence-electron chi connectivity index (χ3n) is 4.27. The van der Waals surface area contributed by atoms with Crippen LogP contribution in [0.3, 0.4) is 0 Å². The number of nitriles is 1. The van der Waals surface area contributed by atoms with E-state index in [1.165, 1.54) is 19.3 Å². The molecule has 2 atom stereocenters. The summed E-state index contributed by atoms with van der Waals surface area (Å²) in [5, 5.41) is 12.6. The Hall–Kier alpha value is -2.12. The normalized spacial score (nSPS) is 22.9. The highest BCUT2D eigenvalue weighted by Gasteiger charge is 2.25. The van der Waals surface area contributed by atoms with Crippen molar-refractivity contribution in [2.45, 2.75) is 45.2 Å². The SMILES string of the molecule is CC1CCCC(C)N1Nc1nc2ccccc2cc1C#N. The number of para-hydroxylation sites is 1. The van der Waals surface area contributed by atoms with Crippen LogP contribution in [0.25, 0.3) is 10.9 Å². The molecular formula is C17H20N4. The molecule has 2 aromatic rings. The summed E-state index contributed by atoms with van der Waals surface area (Å²) in [4.78, 5) is 4.63. The fourth-order valence-electron chi connectivity index (χ4n) is 3.05. The van der Waals surface area contributed by atoms with Gasteiger partial charge < -0.3 is 5.43 Å². The molecule has 0 spiro atoms. The summed E-state index contributed by atoms with van der Waals surface area (Å²) in [6.07, 6.45) is 3.61. The number of pyridine rings is 1. The number of benzene rings is 1. The minimum atomic E-state index is 0.452. The molecule has 0 radical (unpaired) electrons. The first kappa shape index (κ1) is 13.8. The average Bonchev–Trinajstić information content (AvgIpc) is 2.50. The van der Waals surface area contributed by atoms with E-state index in [0.29, 0.717) is 23.5 Å². The Balaban J connectivity index is 1.97. The van der Waals surface area contributed by atoms with Crippen molar-refractivity contribution in [3.05, 3.63) is 35.9 Å². The first-order valence-corrected chi connectivity index (χ1v) is 7.54. The lowest BCUT2D eigenvalue weighted by Crippen LogP contribution is -2.47. The summed E-state index contributed by atoms with van der Waals surface area (Å²) in [7, 11) is 0. The van der Waals surface area contributed by atoms with E-state index < -0.39 is 0 Å². The number of hydrazine groups is 1. The van der Waals surface area contributed by atoms with Crippen molar-refractivity contribution in [3.8, 4) is 6.07 Å². The molecule has 0 amide bonds. The molecular weight excluding hydrogens is 260 g/mol. The average molecular weight is 280 g/mol. The molecule has 1 fully saturated rings. The second-order valence-corrected chi connectivity index (χ2v) is 5.84. The van der Waals surface area contributed by atoms with E-state index in [1.807, 2.05) is 30.3 Å². The number of nitrogens with one attached hydrogen (secondary N) is 1. The monoisotopic (exact) mass is 280 g/mol. The van der Waals surface area contributed by atoms with Crippen LogP contribution in [-0.4, -0.2) is 22.1 Å². The Morgan fingerprint density at radius 3 is 2.67 bits per heavy atom. The molecule has 1 aliphatic rings. The van der Waals surface area contributed by atoms with Gasteiger partial charge in [-0.05, 0) is 38.8 Å². The summed E-state index contributed by atoms with van der Waals surface area (Å²) in [6, 6.07) is 13.0. The molecule has 2 heterocycles. The maximum absolute atomic E-state index is 9.39. The van der Waals surface area contributed by atoms with Gasteiger partial charge >= 0.3 is 0 Å². The van der Waals surface area contributed by atoms with E-state index in [-0.39, 0.29) is 0 Å². The zero-order valence-electron chi connectivity index (χ0n) is 12.5. The van der Waals surface area contributed by atoms with Crippen molar-refractivity contribution in [1.29, 1.82) is 5.26 Å². The zero-order valence-corrected chi connectivity index (χ0v) is 12.5. The fraction of sp³-hybridized carbons (Fsp3) is 0.412. The van der Waals surface area contributed by atoms with Crippen LogP contribution in [0.4, 0.5) is 5.82 Å². The zero-order chi connectivity index (χ0) is 14.8. The number of anilines is 1. The van der Waals surface area contributed by atoms with Crippen LogP contribution in [-0.2, 0) is 0 Å². The maximum atomic E-state index is 9.39. The van der Waals surface area contributed by atoms with Gasteiger partial charge in [-0.3, -0.25) is 0 Å². The minimum Gasteiger partial charge on any atom is -0.301 e. The van der Waals surface area contributed by atoms with Gasteiger partial charge in [0.2, 0.25) is 0 Å². The maximum Gasteiger partial charge on any atom is 0.159 e. The van der Waals surface area contributed by atoms with E-state index in [0.717, 1.165) is 10.9 Å². The van der Waals surface area contributed by atoms with Crippen molar-refractivity contribution in [1.82, 2.24) is 9.99 Å². The van der Waals surface area contributed by atoms with Crippen LogP contribution in [0.15, 0.2) is 30.3 Å². The molecule has 21 heavy (non-hydrogen) atoms. The second-order valence-electron chi connectivity index (χ2n) is 5.84. The highest BCUT2D eigenvalue weighted by atomic mass is 15.5. The summed E-state index contributed by atoms with van der Waals surface area (Å²) >= 11 is 0. The van der Waals surface area contributed by atoms with Gasteiger partial charge in [-0.25, -0.2) is 9.99 Å². The first-order valence-electron chi connectivity index (χ1n) is 7.54. The van der Waals surface area contributed by atoms with E-state index in [4.69, 9.17) is 0 Å². The molecule has 0 bridgehead atoms. The summed E-state index contributed by atoms with van der Waals surface area (Å²) in [5.74, 6) is 0.664. The number of aromatic nitrogens is 1. The standard InChI is InChI=1S/C17H20N4/c1-12-6-5-7-13(2)21(12)20-17-15(11-18)10-14-8-3-4-9-16(14)19-17/h3-4,8-10,12-13H,5-7H2,1-2H3,(H,19,20). The topological polar surface area (TPSA) is 52.0 Å². The number of hydrogen-bond donors (Lipinski definition) is 1. The van der Waals surface area contributed by atoms with Gasteiger partial charge in [0, 0.05) is 17.5 Å². The molecule has 1 saturated heterocycles. The molecule has 1 aliphatic heterocycles. The van der Waals surface area contributed by atoms with Crippen LogP contribution in [0, 0.1) is 11.3 Å². The Bertz CT molecular complexity index is 679. The number of piperidine rings is 1. The first-order chi connectivity index (χ1) is 10.2. The van der Waals surface area contributed by atoms with Crippen molar-refractivity contribution in [2.75, 3.05) is 5.43 Å².